The summed E-state index contributed by atoms with van der Waals surface area (Å²) in [6, 6.07) is 14.1. The highest BCUT2D eigenvalue weighted by atomic mass is 79.9. The molecule has 0 atom stereocenters. The van der Waals surface area contributed by atoms with E-state index in [2.05, 4.69) is 35.1 Å². The molecule has 126 valence electrons. The van der Waals surface area contributed by atoms with Gasteiger partial charge in [-0.25, -0.2) is 0 Å². The Morgan fingerprint density at radius 2 is 1.71 bits per heavy atom. The molecular formula is C20H22BrNO2. The quantitative estimate of drug-likeness (QED) is 0.824. The Morgan fingerprint density at radius 1 is 1.04 bits per heavy atom. The van der Waals surface area contributed by atoms with Crippen molar-refractivity contribution in [1.82, 2.24) is 0 Å². The molecule has 0 aromatic heterocycles. The molecule has 1 aliphatic rings. The van der Waals surface area contributed by atoms with Gasteiger partial charge < -0.3 is 10.1 Å². The molecule has 0 spiro atoms. The number of amides is 1. The maximum Gasteiger partial charge on any atom is 0.235 e. The second-order valence-corrected chi connectivity index (χ2v) is 7.37. The van der Waals surface area contributed by atoms with Gasteiger partial charge in [0.25, 0.3) is 0 Å². The van der Waals surface area contributed by atoms with Gasteiger partial charge in [0.1, 0.15) is 0 Å². The van der Waals surface area contributed by atoms with Crippen molar-refractivity contribution in [1.29, 1.82) is 0 Å². The third-order valence-corrected chi connectivity index (χ3v) is 5.47. The van der Waals surface area contributed by atoms with Crippen molar-refractivity contribution < 1.29 is 9.53 Å². The van der Waals surface area contributed by atoms with Gasteiger partial charge in [-0.05, 0) is 67.6 Å². The van der Waals surface area contributed by atoms with Crippen molar-refractivity contribution in [3.05, 3.63) is 63.6 Å². The van der Waals surface area contributed by atoms with Crippen LogP contribution in [0.15, 0.2) is 46.9 Å². The first-order valence-electron chi connectivity index (χ1n) is 8.24. The average Bonchev–Trinajstić information content (AvgIpc) is 2.59. The molecule has 0 radical (unpaired) electrons. The molecule has 0 bridgehead atoms. The van der Waals surface area contributed by atoms with E-state index in [1.165, 1.54) is 11.1 Å². The maximum atomic E-state index is 13.2. The van der Waals surface area contributed by atoms with Gasteiger partial charge in [-0.2, -0.15) is 0 Å². The second kappa shape index (κ2) is 7.08. The summed E-state index contributed by atoms with van der Waals surface area (Å²) in [6.45, 7) is 5.35. The first-order chi connectivity index (χ1) is 11.5. The van der Waals surface area contributed by atoms with Crippen molar-refractivity contribution in [3.8, 4) is 0 Å². The molecule has 2 aromatic rings. The van der Waals surface area contributed by atoms with Crippen molar-refractivity contribution in [2.45, 2.75) is 32.1 Å². The van der Waals surface area contributed by atoms with Gasteiger partial charge in [-0.1, -0.05) is 34.1 Å². The number of aryl methyl sites for hydroxylation is 2. The lowest BCUT2D eigenvalue weighted by Gasteiger charge is -2.36. The number of benzene rings is 2. The van der Waals surface area contributed by atoms with Crippen LogP contribution in [-0.2, 0) is 14.9 Å². The van der Waals surface area contributed by atoms with Gasteiger partial charge in [0, 0.05) is 23.4 Å². The van der Waals surface area contributed by atoms with Crippen LogP contribution in [0, 0.1) is 13.8 Å². The summed E-state index contributed by atoms with van der Waals surface area (Å²) >= 11 is 3.47. The van der Waals surface area contributed by atoms with E-state index in [1.807, 2.05) is 42.5 Å². The number of carbonyl (C=O) groups excluding carboxylic acids is 1. The molecule has 1 aliphatic heterocycles. The number of hydrogen-bond donors (Lipinski definition) is 1. The van der Waals surface area contributed by atoms with Gasteiger partial charge in [0.05, 0.1) is 5.41 Å². The number of halogens is 1. The second-order valence-electron chi connectivity index (χ2n) is 6.45. The molecule has 1 N–H and O–H groups in total. The molecular weight excluding hydrogens is 366 g/mol. The third-order valence-electron chi connectivity index (χ3n) is 4.94. The largest absolute Gasteiger partial charge is 0.381 e. The van der Waals surface area contributed by atoms with Crippen molar-refractivity contribution in [2.75, 3.05) is 18.5 Å². The van der Waals surface area contributed by atoms with Crippen molar-refractivity contribution in [2.24, 2.45) is 0 Å². The average molecular weight is 388 g/mol. The third kappa shape index (κ3) is 3.40. The van der Waals surface area contributed by atoms with Gasteiger partial charge in [0.15, 0.2) is 0 Å². The topological polar surface area (TPSA) is 38.3 Å². The number of nitrogens with one attached hydrogen (secondary N) is 1. The minimum atomic E-state index is -0.530. The van der Waals surface area contributed by atoms with Crippen LogP contribution in [0.5, 0.6) is 0 Å². The number of rotatable bonds is 3. The molecule has 1 saturated heterocycles. The predicted molar refractivity (Wildman–Crippen MR) is 100 cm³/mol. The van der Waals surface area contributed by atoms with E-state index in [0.29, 0.717) is 26.1 Å². The first kappa shape index (κ1) is 17.2. The molecule has 0 saturated carbocycles. The van der Waals surface area contributed by atoms with Crippen LogP contribution >= 0.6 is 15.9 Å². The fraction of sp³-hybridized carbons (Fsp3) is 0.350. The van der Waals surface area contributed by atoms with E-state index in [9.17, 15) is 4.79 Å². The highest BCUT2D eigenvalue weighted by molar-refractivity contribution is 9.10. The van der Waals surface area contributed by atoms with E-state index in [-0.39, 0.29) is 5.91 Å². The Labute approximate surface area is 151 Å². The van der Waals surface area contributed by atoms with E-state index in [4.69, 9.17) is 4.74 Å². The number of ether oxygens (including phenoxy) is 1. The van der Waals surface area contributed by atoms with Crippen molar-refractivity contribution in [3.63, 3.8) is 0 Å². The lowest BCUT2D eigenvalue weighted by Crippen LogP contribution is -2.44. The summed E-state index contributed by atoms with van der Waals surface area (Å²) in [7, 11) is 0. The van der Waals surface area contributed by atoms with E-state index < -0.39 is 5.41 Å². The van der Waals surface area contributed by atoms with Crippen LogP contribution in [0.2, 0.25) is 0 Å². The first-order valence-corrected chi connectivity index (χ1v) is 9.03. The minimum Gasteiger partial charge on any atom is -0.381 e. The minimum absolute atomic E-state index is 0.0522. The Balaban J connectivity index is 1.91. The number of anilines is 1. The molecule has 1 fully saturated rings. The standard InChI is InChI=1S/C20H22BrNO2/c1-14-3-8-18(13-15(14)2)22-19(23)20(9-11-24-12-10-20)16-4-6-17(21)7-5-16/h3-8,13H,9-12H2,1-2H3,(H,22,23). The van der Waals surface area contributed by atoms with Crippen LogP contribution in [0.25, 0.3) is 0 Å². The SMILES string of the molecule is Cc1ccc(NC(=O)C2(c3ccc(Br)cc3)CCOCC2)cc1C. The molecule has 24 heavy (non-hydrogen) atoms. The normalized spacial score (nSPS) is 16.6. The van der Waals surface area contributed by atoms with Gasteiger partial charge >= 0.3 is 0 Å². The van der Waals surface area contributed by atoms with E-state index in [1.54, 1.807) is 0 Å². The zero-order valence-electron chi connectivity index (χ0n) is 14.1. The Hall–Kier alpha value is -1.65. The van der Waals surface area contributed by atoms with Crippen LogP contribution in [0.4, 0.5) is 5.69 Å². The lowest BCUT2D eigenvalue weighted by atomic mass is 9.73. The summed E-state index contributed by atoms with van der Waals surface area (Å²) in [4.78, 5) is 13.2. The number of hydrogen-bond acceptors (Lipinski definition) is 2. The van der Waals surface area contributed by atoms with Crippen LogP contribution in [0.3, 0.4) is 0 Å². The molecule has 0 unspecified atom stereocenters. The van der Waals surface area contributed by atoms with Gasteiger partial charge in [-0.3, -0.25) is 4.79 Å². The molecule has 3 rings (SSSR count). The fourth-order valence-corrected chi connectivity index (χ4v) is 3.47. The number of carbonyl (C=O) groups is 1. The Bertz CT molecular complexity index is 734. The van der Waals surface area contributed by atoms with Gasteiger partial charge in [-0.15, -0.1) is 0 Å². The smallest absolute Gasteiger partial charge is 0.235 e. The molecule has 1 heterocycles. The van der Waals surface area contributed by atoms with E-state index >= 15 is 0 Å². The highest BCUT2D eigenvalue weighted by Gasteiger charge is 2.41. The molecule has 2 aromatic carbocycles. The van der Waals surface area contributed by atoms with Crippen LogP contribution < -0.4 is 5.32 Å². The molecule has 0 aliphatic carbocycles. The van der Waals surface area contributed by atoms with E-state index in [0.717, 1.165) is 15.7 Å². The summed E-state index contributed by atoms with van der Waals surface area (Å²) < 4.78 is 6.53. The summed E-state index contributed by atoms with van der Waals surface area (Å²) in [5, 5.41) is 3.13. The van der Waals surface area contributed by atoms with Crippen LogP contribution in [-0.4, -0.2) is 19.1 Å². The summed E-state index contributed by atoms with van der Waals surface area (Å²) in [5.41, 5.74) is 3.78. The Morgan fingerprint density at radius 3 is 2.33 bits per heavy atom. The lowest BCUT2D eigenvalue weighted by molar-refractivity contribution is -0.125. The maximum absolute atomic E-state index is 13.2. The predicted octanol–water partition coefficient (Wildman–Crippen LogP) is 4.75. The zero-order valence-corrected chi connectivity index (χ0v) is 15.7. The summed E-state index contributed by atoms with van der Waals surface area (Å²) in [5.74, 6) is 0.0522. The van der Waals surface area contributed by atoms with Crippen molar-refractivity contribution >= 4 is 27.5 Å². The van der Waals surface area contributed by atoms with Crippen LogP contribution in [0.1, 0.15) is 29.5 Å². The fourth-order valence-electron chi connectivity index (χ4n) is 3.21. The molecule has 3 nitrogen and oxygen atoms in total. The monoisotopic (exact) mass is 387 g/mol. The zero-order chi connectivity index (χ0) is 17.2. The molecule has 4 heteroatoms. The van der Waals surface area contributed by atoms with Gasteiger partial charge in [0.2, 0.25) is 5.91 Å². The molecule has 1 amide bonds. The Kier molecular flexibility index (Phi) is 5.07. The summed E-state index contributed by atoms with van der Waals surface area (Å²) in [6.07, 6.45) is 1.40. The highest BCUT2D eigenvalue weighted by Crippen LogP contribution is 2.36.